The smallest absolute Gasteiger partial charge is 0.174 e. The van der Waals surface area contributed by atoms with E-state index in [2.05, 4.69) is 34.0 Å². The Balaban J connectivity index is 2.70. The number of aliphatic hydroxyl groups is 1. The number of methoxy groups -OCH3 is 2. The molecule has 0 bridgehead atoms. The summed E-state index contributed by atoms with van der Waals surface area (Å²) >= 11 is 2.23. The molecule has 0 saturated heterocycles. The van der Waals surface area contributed by atoms with Crippen LogP contribution >= 0.6 is 22.6 Å². The van der Waals surface area contributed by atoms with Crippen molar-refractivity contribution >= 4 is 22.6 Å². The van der Waals surface area contributed by atoms with Crippen molar-refractivity contribution in [1.82, 2.24) is 5.32 Å². The van der Waals surface area contributed by atoms with E-state index in [4.69, 9.17) is 14.6 Å². The van der Waals surface area contributed by atoms with Crippen LogP contribution in [0.25, 0.3) is 0 Å². The second kappa shape index (κ2) is 7.73. The molecule has 0 fully saturated rings. The number of halogens is 1. The van der Waals surface area contributed by atoms with Crippen molar-refractivity contribution in [3.63, 3.8) is 0 Å². The second-order valence-electron chi connectivity index (χ2n) is 3.57. The number of hydrogen-bond donors (Lipinski definition) is 2. The molecule has 17 heavy (non-hydrogen) atoms. The van der Waals surface area contributed by atoms with Gasteiger partial charge < -0.3 is 19.9 Å². The summed E-state index contributed by atoms with van der Waals surface area (Å²) in [6.45, 7) is 1.79. The van der Waals surface area contributed by atoms with Crippen molar-refractivity contribution in [1.29, 1.82) is 0 Å². The quantitative estimate of drug-likeness (QED) is 0.581. The van der Waals surface area contributed by atoms with Gasteiger partial charge in [0.15, 0.2) is 11.5 Å². The number of ether oxygens (including phenoxy) is 2. The lowest BCUT2D eigenvalue weighted by atomic mass is 10.2. The van der Waals surface area contributed by atoms with Gasteiger partial charge in [0.25, 0.3) is 0 Å². The predicted molar refractivity (Wildman–Crippen MR) is 75.7 cm³/mol. The average molecular weight is 351 g/mol. The predicted octanol–water partition coefficient (Wildman–Crippen LogP) is 1.78. The fraction of sp³-hybridized carbons (Fsp3) is 0.500. The monoisotopic (exact) mass is 351 g/mol. The zero-order valence-corrected chi connectivity index (χ0v) is 12.3. The first-order chi connectivity index (χ1) is 8.22. The summed E-state index contributed by atoms with van der Waals surface area (Å²) in [4.78, 5) is 0. The molecule has 0 aliphatic heterocycles. The molecule has 0 amide bonds. The number of hydrogen-bond acceptors (Lipinski definition) is 4. The lowest BCUT2D eigenvalue weighted by molar-refractivity contribution is 0.286. The van der Waals surface area contributed by atoms with E-state index in [9.17, 15) is 0 Å². The minimum absolute atomic E-state index is 0.219. The van der Waals surface area contributed by atoms with E-state index in [-0.39, 0.29) is 6.61 Å². The molecule has 0 heterocycles. The summed E-state index contributed by atoms with van der Waals surface area (Å²) in [5.41, 5.74) is 1.14. The fourth-order valence-electron chi connectivity index (χ4n) is 1.51. The van der Waals surface area contributed by atoms with E-state index < -0.39 is 0 Å². The first-order valence-corrected chi connectivity index (χ1v) is 6.52. The molecule has 0 saturated carbocycles. The highest BCUT2D eigenvalue weighted by atomic mass is 127. The van der Waals surface area contributed by atoms with E-state index in [0.717, 1.165) is 40.1 Å². The summed E-state index contributed by atoms with van der Waals surface area (Å²) in [5, 5.41) is 11.9. The Bertz CT molecular complexity index is 358. The van der Waals surface area contributed by atoms with E-state index in [1.807, 2.05) is 6.07 Å². The van der Waals surface area contributed by atoms with Crippen molar-refractivity contribution in [2.45, 2.75) is 13.0 Å². The molecular weight excluding hydrogens is 333 g/mol. The SMILES string of the molecule is COc1cc(CNCCCO)cc(I)c1OC. The van der Waals surface area contributed by atoms with Crippen LogP contribution in [-0.2, 0) is 6.54 Å². The summed E-state index contributed by atoms with van der Waals surface area (Å²) < 4.78 is 11.6. The van der Waals surface area contributed by atoms with Gasteiger partial charge in [0.05, 0.1) is 17.8 Å². The lowest BCUT2D eigenvalue weighted by Gasteiger charge is -2.12. The minimum Gasteiger partial charge on any atom is -0.493 e. The standard InChI is InChI=1S/C12H18INO3/c1-16-11-7-9(8-14-4-3-5-15)6-10(13)12(11)17-2/h6-7,14-15H,3-5,8H2,1-2H3. The van der Waals surface area contributed by atoms with Gasteiger partial charge in [0.2, 0.25) is 0 Å². The first-order valence-electron chi connectivity index (χ1n) is 5.45. The van der Waals surface area contributed by atoms with Crippen LogP contribution in [0.2, 0.25) is 0 Å². The Labute approximate surface area is 115 Å². The lowest BCUT2D eigenvalue weighted by Crippen LogP contribution is -2.15. The van der Waals surface area contributed by atoms with Gasteiger partial charge in [0, 0.05) is 13.2 Å². The van der Waals surface area contributed by atoms with Crippen LogP contribution in [0.3, 0.4) is 0 Å². The summed E-state index contributed by atoms with van der Waals surface area (Å²) in [5.74, 6) is 1.52. The maximum absolute atomic E-state index is 8.68. The van der Waals surface area contributed by atoms with Gasteiger partial charge in [-0.1, -0.05) is 0 Å². The second-order valence-corrected chi connectivity index (χ2v) is 4.73. The van der Waals surface area contributed by atoms with Gasteiger partial charge >= 0.3 is 0 Å². The van der Waals surface area contributed by atoms with E-state index >= 15 is 0 Å². The van der Waals surface area contributed by atoms with Crippen LogP contribution in [0.15, 0.2) is 12.1 Å². The molecule has 5 heteroatoms. The average Bonchev–Trinajstić information content (AvgIpc) is 2.34. The molecule has 96 valence electrons. The van der Waals surface area contributed by atoms with Gasteiger partial charge in [-0.2, -0.15) is 0 Å². The summed E-state index contributed by atoms with van der Waals surface area (Å²) in [6.07, 6.45) is 0.768. The molecule has 0 aliphatic carbocycles. The van der Waals surface area contributed by atoms with Crippen molar-refractivity contribution in [2.75, 3.05) is 27.4 Å². The molecule has 0 aromatic heterocycles. The molecule has 0 spiro atoms. The Morgan fingerprint density at radius 3 is 2.65 bits per heavy atom. The van der Waals surface area contributed by atoms with Crippen molar-refractivity contribution in [3.05, 3.63) is 21.3 Å². The van der Waals surface area contributed by atoms with E-state index in [0.29, 0.717) is 0 Å². The van der Waals surface area contributed by atoms with Gasteiger partial charge in [-0.15, -0.1) is 0 Å². The van der Waals surface area contributed by atoms with E-state index in [1.54, 1.807) is 14.2 Å². The van der Waals surface area contributed by atoms with Crippen LogP contribution in [-0.4, -0.2) is 32.5 Å². The Morgan fingerprint density at radius 2 is 2.06 bits per heavy atom. The molecular formula is C12H18INO3. The van der Waals surface area contributed by atoms with Crippen molar-refractivity contribution in [3.8, 4) is 11.5 Å². The largest absolute Gasteiger partial charge is 0.493 e. The van der Waals surface area contributed by atoms with Crippen LogP contribution in [0.1, 0.15) is 12.0 Å². The van der Waals surface area contributed by atoms with Crippen molar-refractivity contribution in [2.24, 2.45) is 0 Å². The van der Waals surface area contributed by atoms with Crippen LogP contribution in [0, 0.1) is 3.57 Å². The third-order valence-corrected chi connectivity index (χ3v) is 3.14. The highest BCUT2D eigenvalue weighted by Crippen LogP contribution is 2.33. The van der Waals surface area contributed by atoms with Gasteiger partial charge in [-0.25, -0.2) is 0 Å². The molecule has 2 N–H and O–H groups in total. The van der Waals surface area contributed by atoms with Crippen LogP contribution < -0.4 is 14.8 Å². The molecule has 1 rings (SSSR count). The Kier molecular flexibility index (Phi) is 6.61. The van der Waals surface area contributed by atoms with Crippen LogP contribution in [0.4, 0.5) is 0 Å². The van der Waals surface area contributed by atoms with Gasteiger partial charge in [0.1, 0.15) is 0 Å². The highest BCUT2D eigenvalue weighted by Gasteiger charge is 2.09. The molecule has 0 unspecified atom stereocenters. The summed E-state index contributed by atoms with van der Waals surface area (Å²) in [6, 6.07) is 4.03. The highest BCUT2D eigenvalue weighted by molar-refractivity contribution is 14.1. The van der Waals surface area contributed by atoms with Crippen LogP contribution in [0.5, 0.6) is 11.5 Å². The maximum Gasteiger partial charge on any atom is 0.174 e. The zero-order chi connectivity index (χ0) is 12.7. The number of aliphatic hydroxyl groups excluding tert-OH is 1. The summed E-state index contributed by atoms with van der Waals surface area (Å²) in [7, 11) is 3.27. The van der Waals surface area contributed by atoms with Gasteiger partial charge in [-0.05, 0) is 53.3 Å². The number of benzene rings is 1. The number of nitrogens with one attached hydrogen (secondary N) is 1. The third-order valence-electron chi connectivity index (χ3n) is 2.33. The molecule has 1 aromatic rings. The fourth-order valence-corrected chi connectivity index (χ4v) is 2.40. The minimum atomic E-state index is 0.219. The zero-order valence-electron chi connectivity index (χ0n) is 10.1. The molecule has 4 nitrogen and oxygen atoms in total. The van der Waals surface area contributed by atoms with Crippen molar-refractivity contribution < 1.29 is 14.6 Å². The maximum atomic E-state index is 8.68. The Morgan fingerprint density at radius 1 is 1.29 bits per heavy atom. The molecule has 0 radical (unpaired) electrons. The third kappa shape index (κ3) is 4.33. The first kappa shape index (κ1) is 14.5. The van der Waals surface area contributed by atoms with Gasteiger partial charge in [-0.3, -0.25) is 0 Å². The normalized spacial score (nSPS) is 10.4. The topological polar surface area (TPSA) is 50.7 Å². The molecule has 1 aromatic carbocycles. The van der Waals surface area contributed by atoms with E-state index in [1.165, 1.54) is 0 Å². The number of rotatable bonds is 7. The Hall–Kier alpha value is -0.530. The molecule has 0 atom stereocenters. The molecule has 0 aliphatic rings.